The molecule has 1 aromatic rings. The number of fused-ring (bicyclic) bond motifs is 1. The van der Waals surface area contributed by atoms with Crippen molar-refractivity contribution in [3.8, 4) is 0 Å². The molecule has 3 rings (SSSR count). The van der Waals surface area contributed by atoms with Gasteiger partial charge < -0.3 is 10.4 Å². The van der Waals surface area contributed by atoms with Crippen LogP contribution >= 0.6 is 0 Å². The van der Waals surface area contributed by atoms with Crippen molar-refractivity contribution >= 4 is 11.9 Å². The Morgan fingerprint density at radius 3 is 2.78 bits per heavy atom. The third kappa shape index (κ3) is 1.60. The van der Waals surface area contributed by atoms with Crippen molar-refractivity contribution in [2.45, 2.75) is 25.7 Å². The van der Waals surface area contributed by atoms with Crippen molar-refractivity contribution in [1.82, 2.24) is 5.32 Å². The lowest BCUT2D eigenvalue weighted by Crippen LogP contribution is -2.46. The number of carboxylic acid groups (broad SMARTS) is 1. The standard InChI is InChI=1S/C14H15NO3/c16-12(17)9-2-3-10-7-14(8-11(10)6-9)4-1-5-15-13(14)18/h2-3,6H,1,4-5,7-8H2,(H,15,18)(H,16,17). The highest BCUT2D eigenvalue weighted by molar-refractivity contribution is 5.89. The minimum Gasteiger partial charge on any atom is -0.478 e. The molecule has 2 aliphatic rings. The van der Waals surface area contributed by atoms with Crippen molar-refractivity contribution in [2.24, 2.45) is 5.41 Å². The van der Waals surface area contributed by atoms with E-state index in [9.17, 15) is 9.59 Å². The lowest BCUT2D eigenvalue weighted by molar-refractivity contribution is -0.133. The quantitative estimate of drug-likeness (QED) is 0.785. The number of carbonyl (C=O) groups excluding carboxylic acids is 1. The van der Waals surface area contributed by atoms with E-state index in [4.69, 9.17) is 5.11 Å². The second-order valence-electron chi connectivity index (χ2n) is 5.28. The van der Waals surface area contributed by atoms with Crippen LogP contribution in [0.15, 0.2) is 18.2 Å². The van der Waals surface area contributed by atoms with Gasteiger partial charge in [-0.3, -0.25) is 4.79 Å². The van der Waals surface area contributed by atoms with Gasteiger partial charge in [0, 0.05) is 6.54 Å². The topological polar surface area (TPSA) is 66.4 Å². The van der Waals surface area contributed by atoms with Gasteiger partial charge >= 0.3 is 5.97 Å². The number of hydrogen-bond donors (Lipinski definition) is 2. The zero-order chi connectivity index (χ0) is 12.8. The normalized spacial score (nSPS) is 25.9. The maximum absolute atomic E-state index is 12.1. The van der Waals surface area contributed by atoms with Gasteiger partial charge in [-0.1, -0.05) is 6.07 Å². The number of piperidine rings is 1. The molecule has 1 heterocycles. The average molecular weight is 245 g/mol. The molecular formula is C14H15NO3. The minimum absolute atomic E-state index is 0.127. The maximum Gasteiger partial charge on any atom is 0.335 e. The molecule has 1 aliphatic carbocycles. The van der Waals surface area contributed by atoms with Gasteiger partial charge in [0.15, 0.2) is 0 Å². The maximum atomic E-state index is 12.1. The summed E-state index contributed by atoms with van der Waals surface area (Å²) < 4.78 is 0. The van der Waals surface area contributed by atoms with Crippen LogP contribution in [0.25, 0.3) is 0 Å². The summed E-state index contributed by atoms with van der Waals surface area (Å²) in [6.45, 7) is 0.761. The van der Waals surface area contributed by atoms with E-state index in [1.807, 2.05) is 6.07 Å². The summed E-state index contributed by atoms with van der Waals surface area (Å²) in [7, 11) is 0. The van der Waals surface area contributed by atoms with Crippen LogP contribution in [0.3, 0.4) is 0 Å². The lowest BCUT2D eigenvalue weighted by Gasteiger charge is -2.31. The first kappa shape index (κ1) is 11.3. The van der Waals surface area contributed by atoms with Gasteiger partial charge in [-0.15, -0.1) is 0 Å². The summed E-state index contributed by atoms with van der Waals surface area (Å²) >= 11 is 0. The molecule has 94 valence electrons. The molecular weight excluding hydrogens is 230 g/mol. The van der Waals surface area contributed by atoms with Gasteiger partial charge in [0.1, 0.15) is 0 Å². The summed E-state index contributed by atoms with van der Waals surface area (Å²) in [6.07, 6.45) is 3.32. The molecule has 1 aliphatic heterocycles. The molecule has 1 aromatic carbocycles. The molecule has 1 amide bonds. The first-order valence-corrected chi connectivity index (χ1v) is 6.24. The molecule has 4 heteroatoms. The molecule has 1 spiro atoms. The fourth-order valence-corrected chi connectivity index (χ4v) is 3.15. The zero-order valence-electron chi connectivity index (χ0n) is 10.0. The number of nitrogens with one attached hydrogen (secondary N) is 1. The molecule has 1 fully saturated rings. The number of aromatic carboxylic acids is 1. The van der Waals surface area contributed by atoms with Crippen LogP contribution in [0, 0.1) is 5.41 Å². The number of carboxylic acids is 1. The molecule has 18 heavy (non-hydrogen) atoms. The summed E-state index contributed by atoms with van der Waals surface area (Å²) in [6, 6.07) is 5.20. The highest BCUT2D eigenvalue weighted by Gasteiger charge is 2.44. The van der Waals surface area contributed by atoms with Crippen LogP contribution in [-0.2, 0) is 17.6 Å². The Labute approximate surface area is 105 Å². The van der Waals surface area contributed by atoms with E-state index >= 15 is 0 Å². The molecule has 2 N–H and O–H groups in total. The Morgan fingerprint density at radius 1 is 1.28 bits per heavy atom. The van der Waals surface area contributed by atoms with Crippen LogP contribution in [0.2, 0.25) is 0 Å². The van der Waals surface area contributed by atoms with Crippen molar-refractivity contribution in [3.05, 3.63) is 34.9 Å². The fraction of sp³-hybridized carbons (Fsp3) is 0.429. The van der Waals surface area contributed by atoms with E-state index in [1.165, 1.54) is 0 Å². The number of amides is 1. The Bertz CT molecular complexity index is 538. The predicted molar refractivity (Wildman–Crippen MR) is 65.5 cm³/mol. The van der Waals surface area contributed by atoms with E-state index in [2.05, 4.69) is 5.32 Å². The van der Waals surface area contributed by atoms with Crippen LogP contribution in [-0.4, -0.2) is 23.5 Å². The minimum atomic E-state index is -0.910. The Balaban J connectivity index is 1.95. The first-order chi connectivity index (χ1) is 8.61. The molecule has 0 bridgehead atoms. The van der Waals surface area contributed by atoms with Crippen molar-refractivity contribution in [1.29, 1.82) is 0 Å². The lowest BCUT2D eigenvalue weighted by atomic mass is 9.77. The Morgan fingerprint density at radius 2 is 2.06 bits per heavy atom. The zero-order valence-corrected chi connectivity index (χ0v) is 10.0. The van der Waals surface area contributed by atoms with Crippen molar-refractivity contribution in [2.75, 3.05) is 6.54 Å². The second kappa shape index (κ2) is 3.83. The second-order valence-corrected chi connectivity index (χ2v) is 5.28. The molecule has 1 unspecified atom stereocenters. The molecule has 4 nitrogen and oxygen atoms in total. The molecule has 1 atom stereocenters. The average Bonchev–Trinajstić information content (AvgIpc) is 2.71. The van der Waals surface area contributed by atoms with E-state index in [0.29, 0.717) is 12.0 Å². The summed E-state index contributed by atoms with van der Waals surface area (Å²) in [5.74, 6) is -0.784. The fourth-order valence-electron chi connectivity index (χ4n) is 3.15. The van der Waals surface area contributed by atoms with E-state index in [1.54, 1.807) is 12.1 Å². The van der Waals surface area contributed by atoms with Crippen LogP contribution in [0.5, 0.6) is 0 Å². The van der Waals surface area contributed by atoms with Crippen LogP contribution in [0.1, 0.15) is 34.3 Å². The number of carbonyl (C=O) groups is 2. The van der Waals surface area contributed by atoms with Gasteiger partial charge in [-0.2, -0.15) is 0 Å². The number of benzene rings is 1. The molecule has 0 saturated carbocycles. The van der Waals surface area contributed by atoms with Crippen LogP contribution in [0.4, 0.5) is 0 Å². The van der Waals surface area contributed by atoms with Gasteiger partial charge in [0.25, 0.3) is 0 Å². The van der Waals surface area contributed by atoms with Crippen molar-refractivity contribution < 1.29 is 14.7 Å². The van der Waals surface area contributed by atoms with Gasteiger partial charge in [-0.25, -0.2) is 4.79 Å². The van der Waals surface area contributed by atoms with E-state index in [-0.39, 0.29) is 11.3 Å². The third-order valence-corrected chi connectivity index (χ3v) is 4.11. The van der Waals surface area contributed by atoms with Crippen molar-refractivity contribution in [3.63, 3.8) is 0 Å². The van der Waals surface area contributed by atoms with Crippen LogP contribution < -0.4 is 5.32 Å². The van der Waals surface area contributed by atoms with E-state index in [0.717, 1.165) is 36.9 Å². The Hall–Kier alpha value is -1.84. The summed E-state index contributed by atoms with van der Waals surface area (Å²) in [5.41, 5.74) is 2.13. The van der Waals surface area contributed by atoms with Gasteiger partial charge in [-0.05, 0) is 48.9 Å². The smallest absolute Gasteiger partial charge is 0.335 e. The number of rotatable bonds is 1. The third-order valence-electron chi connectivity index (χ3n) is 4.11. The molecule has 1 saturated heterocycles. The summed E-state index contributed by atoms with van der Waals surface area (Å²) in [4.78, 5) is 23.0. The predicted octanol–water partition coefficient (Wildman–Crippen LogP) is 1.38. The summed E-state index contributed by atoms with van der Waals surface area (Å²) in [5, 5.41) is 11.9. The molecule has 0 aromatic heterocycles. The monoisotopic (exact) mass is 245 g/mol. The highest BCUT2D eigenvalue weighted by atomic mass is 16.4. The van der Waals surface area contributed by atoms with Gasteiger partial charge in [0.05, 0.1) is 11.0 Å². The van der Waals surface area contributed by atoms with Gasteiger partial charge in [0.2, 0.25) is 5.91 Å². The largest absolute Gasteiger partial charge is 0.478 e. The Kier molecular flexibility index (Phi) is 2.40. The number of hydrogen-bond acceptors (Lipinski definition) is 2. The van der Waals surface area contributed by atoms with E-state index < -0.39 is 5.97 Å². The highest BCUT2D eigenvalue weighted by Crippen LogP contribution is 2.42. The molecule has 0 radical (unpaired) electrons. The first-order valence-electron chi connectivity index (χ1n) is 6.24. The SMILES string of the molecule is O=C(O)c1ccc2c(c1)CC1(CCCNC1=O)C2.